The van der Waals surface area contributed by atoms with Gasteiger partial charge in [-0.2, -0.15) is 0 Å². The Morgan fingerprint density at radius 2 is 1.90 bits per heavy atom. The van der Waals surface area contributed by atoms with Gasteiger partial charge >= 0.3 is 0 Å². The van der Waals surface area contributed by atoms with Crippen LogP contribution in [0.4, 0.5) is 15.8 Å². The molecule has 0 aliphatic rings. The molecule has 0 heterocycles. The first-order chi connectivity index (χ1) is 9.95. The van der Waals surface area contributed by atoms with E-state index in [0.717, 1.165) is 0 Å². The number of carbonyl (C=O) groups is 1. The summed E-state index contributed by atoms with van der Waals surface area (Å²) in [6, 6.07) is 9.03. The normalized spacial score (nSPS) is 10.4. The van der Waals surface area contributed by atoms with Crippen molar-refractivity contribution < 1.29 is 9.18 Å². The Balaban J connectivity index is 1.99. The highest BCUT2D eigenvalue weighted by Crippen LogP contribution is 2.33. The van der Waals surface area contributed by atoms with Gasteiger partial charge in [0.2, 0.25) is 5.91 Å². The predicted molar refractivity (Wildman–Crippen MR) is 86.6 cm³/mol. The molecule has 2 aromatic rings. The monoisotopic (exact) mass is 344 g/mol. The summed E-state index contributed by atoms with van der Waals surface area (Å²) in [5, 5.41) is 3.15. The molecule has 0 atom stereocenters. The van der Waals surface area contributed by atoms with Gasteiger partial charge in [-0.15, -0.1) is 11.8 Å². The molecule has 0 fully saturated rings. The second-order valence-corrected chi connectivity index (χ2v) is 6.02. The third-order valence-corrected chi connectivity index (χ3v) is 4.08. The van der Waals surface area contributed by atoms with Gasteiger partial charge < -0.3 is 11.1 Å². The number of hydrogen-bond acceptors (Lipinski definition) is 3. The van der Waals surface area contributed by atoms with Gasteiger partial charge in [0.15, 0.2) is 0 Å². The van der Waals surface area contributed by atoms with Crippen LogP contribution in [0.25, 0.3) is 0 Å². The summed E-state index contributed by atoms with van der Waals surface area (Å²) in [5.74, 6) is -0.525. The van der Waals surface area contributed by atoms with Crippen molar-refractivity contribution in [1.82, 2.24) is 0 Å². The quantitative estimate of drug-likeness (QED) is 0.636. The van der Waals surface area contributed by atoms with Crippen molar-refractivity contribution >= 4 is 52.2 Å². The van der Waals surface area contributed by atoms with E-state index < -0.39 is 0 Å². The zero-order valence-corrected chi connectivity index (χ0v) is 13.0. The molecule has 3 nitrogen and oxygen atoms in total. The summed E-state index contributed by atoms with van der Waals surface area (Å²) in [4.78, 5) is 12.6. The standard InChI is InChI=1S/C14H11Cl2FN2OS/c15-11-5-9(18)6-12(16)14(11)19-13(20)7-21-10-3-1-2-8(17)4-10/h1-6H,7,18H2,(H,19,20). The van der Waals surface area contributed by atoms with Crippen molar-refractivity contribution in [2.24, 2.45) is 0 Å². The zero-order chi connectivity index (χ0) is 15.4. The Kier molecular flexibility index (Phi) is 5.33. The molecule has 0 saturated carbocycles. The summed E-state index contributed by atoms with van der Waals surface area (Å²) >= 11 is 13.2. The van der Waals surface area contributed by atoms with Gasteiger partial charge in [-0.25, -0.2) is 4.39 Å². The van der Waals surface area contributed by atoms with Crippen LogP contribution < -0.4 is 11.1 Å². The average molecular weight is 345 g/mol. The van der Waals surface area contributed by atoms with Crippen LogP contribution in [0.15, 0.2) is 41.3 Å². The lowest BCUT2D eigenvalue weighted by atomic mass is 10.3. The summed E-state index contributed by atoms with van der Waals surface area (Å²) in [6.07, 6.45) is 0. The van der Waals surface area contributed by atoms with Crippen molar-refractivity contribution in [3.8, 4) is 0 Å². The van der Waals surface area contributed by atoms with Crippen LogP contribution in [-0.2, 0) is 4.79 Å². The highest BCUT2D eigenvalue weighted by molar-refractivity contribution is 8.00. The molecule has 0 aromatic heterocycles. The van der Waals surface area contributed by atoms with Crippen LogP contribution in [0.3, 0.4) is 0 Å². The molecule has 21 heavy (non-hydrogen) atoms. The average Bonchev–Trinajstić information content (AvgIpc) is 2.40. The molecule has 2 aromatic carbocycles. The molecule has 0 spiro atoms. The number of nitrogens with two attached hydrogens (primary N) is 1. The molecule has 0 aliphatic carbocycles. The Hall–Kier alpha value is -1.43. The van der Waals surface area contributed by atoms with Crippen LogP contribution in [0.5, 0.6) is 0 Å². The first-order valence-corrected chi connectivity index (χ1v) is 7.62. The van der Waals surface area contributed by atoms with Gasteiger partial charge in [0.05, 0.1) is 21.5 Å². The highest BCUT2D eigenvalue weighted by atomic mass is 35.5. The molecule has 3 N–H and O–H groups in total. The molecule has 7 heteroatoms. The Labute approximate surface area is 135 Å². The van der Waals surface area contributed by atoms with Gasteiger partial charge in [-0.3, -0.25) is 4.79 Å². The van der Waals surface area contributed by atoms with Crippen LogP contribution >= 0.6 is 35.0 Å². The Morgan fingerprint density at radius 1 is 1.24 bits per heavy atom. The minimum absolute atomic E-state index is 0.112. The topological polar surface area (TPSA) is 55.1 Å². The maximum absolute atomic E-state index is 13.0. The molecular formula is C14H11Cl2FN2OS. The van der Waals surface area contributed by atoms with Gasteiger partial charge in [0, 0.05) is 10.6 Å². The first kappa shape index (κ1) is 15.9. The maximum atomic E-state index is 13.0. The second kappa shape index (κ2) is 7.02. The number of anilines is 2. The van der Waals surface area contributed by atoms with Crippen molar-refractivity contribution in [3.63, 3.8) is 0 Å². The molecular weight excluding hydrogens is 334 g/mol. The lowest BCUT2D eigenvalue weighted by Crippen LogP contribution is -2.14. The molecule has 0 unspecified atom stereocenters. The second-order valence-electron chi connectivity index (χ2n) is 4.15. The number of benzene rings is 2. The lowest BCUT2D eigenvalue weighted by molar-refractivity contribution is -0.113. The summed E-state index contributed by atoms with van der Waals surface area (Å²) < 4.78 is 13.0. The van der Waals surface area contributed by atoms with E-state index in [1.54, 1.807) is 12.1 Å². The fourth-order valence-electron chi connectivity index (χ4n) is 1.59. The summed E-state index contributed by atoms with van der Waals surface area (Å²) in [5.41, 5.74) is 6.32. The van der Waals surface area contributed by atoms with Crippen molar-refractivity contribution in [1.29, 1.82) is 0 Å². The van der Waals surface area contributed by atoms with Gasteiger partial charge in [0.1, 0.15) is 5.82 Å². The maximum Gasteiger partial charge on any atom is 0.234 e. The van der Waals surface area contributed by atoms with E-state index in [1.807, 2.05) is 0 Å². The minimum Gasteiger partial charge on any atom is -0.399 e. The summed E-state index contributed by atoms with van der Waals surface area (Å²) in [7, 11) is 0. The van der Waals surface area contributed by atoms with E-state index in [2.05, 4.69) is 5.32 Å². The third-order valence-electron chi connectivity index (χ3n) is 2.49. The third kappa shape index (κ3) is 4.52. The molecule has 0 aliphatic heterocycles. The molecule has 0 saturated heterocycles. The SMILES string of the molecule is Nc1cc(Cl)c(NC(=O)CSc2cccc(F)c2)c(Cl)c1. The van der Waals surface area contributed by atoms with Gasteiger partial charge in [0.25, 0.3) is 0 Å². The van der Waals surface area contributed by atoms with E-state index in [9.17, 15) is 9.18 Å². The van der Waals surface area contributed by atoms with Crippen LogP contribution in [0, 0.1) is 5.82 Å². The number of rotatable bonds is 4. The zero-order valence-electron chi connectivity index (χ0n) is 10.7. The van der Waals surface area contributed by atoms with E-state index in [-0.39, 0.29) is 27.5 Å². The predicted octanol–water partition coefficient (Wildman–Crippen LogP) is 4.45. The minimum atomic E-state index is -0.343. The first-order valence-electron chi connectivity index (χ1n) is 5.88. The van der Waals surface area contributed by atoms with E-state index >= 15 is 0 Å². The highest BCUT2D eigenvalue weighted by Gasteiger charge is 2.11. The number of amides is 1. The smallest absolute Gasteiger partial charge is 0.234 e. The van der Waals surface area contributed by atoms with Gasteiger partial charge in [-0.1, -0.05) is 29.3 Å². The number of nitrogen functional groups attached to an aromatic ring is 1. The summed E-state index contributed by atoms with van der Waals surface area (Å²) in [6.45, 7) is 0. The van der Waals surface area contributed by atoms with E-state index in [4.69, 9.17) is 28.9 Å². The Bertz CT molecular complexity index is 659. The van der Waals surface area contributed by atoms with Crippen LogP contribution in [0.1, 0.15) is 0 Å². The molecule has 1 amide bonds. The lowest BCUT2D eigenvalue weighted by Gasteiger charge is -2.10. The largest absolute Gasteiger partial charge is 0.399 e. The van der Waals surface area contributed by atoms with Crippen molar-refractivity contribution in [2.75, 3.05) is 16.8 Å². The van der Waals surface area contributed by atoms with Crippen LogP contribution in [0.2, 0.25) is 10.0 Å². The number of carbonyl (C=O) groups excluding carboxylic acids is 1. The van der Waals surface area contributed by atoms with Crippen molar-refractivity contribution in [3.05, 3.63) is 52.3 Å². The number of halogens is 3. The number of hydrogen-bond donors (Lipinski definition) is 2. The molecule has 2 rings (SSSR count). The van der Waals surface area contributed by atoms with Crippen molar-refractivity contribution in [2.45, 2.75) is 4.90 Å². The molecule has 0 radical (unpaired) electrons. The number of thioether (sulfide) groups is 1. The van der Waals surface area contributed by atoms with Gasteiger partial charge in [-0.05, 0) is 30.3 Å². The molecule has 0 bridgehead atoms. The fourth-order valence-corrected chi connectivity index (χ4v) is 2.93. The Morgan fingerprint density at radius 3 is 2.52 bits per heavy atom. The molecule has 110 valence electrons. The van der Waals surface area contributed by atoms with E-state index in [0.29, 0.717) is 16.3 Å². The van der Waals surface area contributed by atoms with Crippen LogP contribution in [-0.4, -0.2) is 11.7 Å². The number of nitrogens with one attached hydrogen (secondary N) is 1. The van der Waals surface area contributed by atoms with E-state index in [1.165, 1.54) is 36.0 Å². The fraction of sp³-hybridized carbons (Fsp3) is 0.0714.